The van der Waals surface area contributed by atoms with Crippen molar-refractivity contribution < 1.29 is 13.9 Å². The summed E-state index contributed by atoms with van der Waals surface area (Å²) in [6.07, 6.45) is 0.821. The number of aromatic amines is 1. The summed E-state index contributed by atoms with van der Waals surface area (Å²) >= 11 is 0. The Bertz CT molecular complexity index is 332. The van der Waals surface area contributed by atoms with Crippen LogP contribution in [0.3, 0.4) is 0 Å². The number of hydrogen-bond donors (Lipinski definition) is 2. The van der Waals surface area contributed by atoms with Crippen LogP contribution < -0.4 is 5.32 Å². The first kappa shape index (κ1) is 12.5. The lowest BCUT2D eigenvalue weighted by Gasteiger charge is -2.20. The van der Waals surface area contributed by atoms with Crippen molar-refractivity contribution in [3.05, 3.63) is 18.2 Å². The topological polar surface area (TPSA) is 67.0 Å². The van der Waals surface area contributed by atoms with Crippen LogP contribution in [-0.4, -0.2) is 28.2 Å². The second-order valence-corrected chi connectivity index (χ2v) is 4.36. The molecule has 0 bridgehead atoms. The highest BCUT2D eigenvalue weighted by molar-refractivity contribution is 5.67. The summed E-state index contributed by atoms with van der Waals surface area (Å²) in [4.78, 5) is 17.5. The van der Waals surface area contributed by atoms with Crippen LogP contribution in [-0.2, 0) is 4.74 Å². The van der Waals surface area contributed by atoms with Gasteiger partial charge in [-0.15, -0.1) is 0 Å². The van der Waals surface area contributed by atoms with E-state index in [0.717, 1.165) is 0 Å². The van der Waals surface area contributed by atoms with Gasteiger partial charge in [-0.2, -0.15) is 0 Å². The number of halogens is 1. The molecule has 0 aromatic carbocycles. The van der Waals surface area contributed by atoms with Crippen LogP contribution in [0.2, 0.25) is 0 Å². The van der Waals surface area contributed by atoms with Crippen molar-refractivity contribution in [3.8, 4) is 0 Å². The summed E-state index contributed by atoms with van der Waals surface area (Å²) in [6, 6.07) is 0. The molecule has 0 aliphatic rings. The molecule has 0 saturated carbocycles. The fraction of sp³-hybridized carbons (Fsp3) is 0.600. The number of nitrogens with zero attached hydrogens (tertiary/aromatic N) is 1. The Hall–Kier alpha value is -1.59. The normalized spacial score (nSPS) is 13.2. The Kier molecular flexibility index (Phi) is 3.87. The molecule has 6 heteroatoms. The number of nitrogens with one attached hydrogen (secondary N) is 2. The zero-order valence-electron chi connectivity index (χ0n) is 9.58. The molecule has 1 heterocycles. The number of H-pyrrole nitrogens is 1. The molecule has 16 heavy (non-hydrogen) atoms. The minimum absolute atomic E-state index is 0.142. The second-order valence-electron chi connectivity index (χ2n) is 4.36. The summed E-state index contributed by atoms with van der Waals surface area (Å²) in [6.45, 7) is 5.09. The lowest BCUT2D eigenvalue weighted by Crippen LogP contribution is -2.34. The maximum absolute atomic E-state index is 13.4. The molecule has 1 amide bonds. The van der Waals surface area contributed by atoms with Gasteiger partial charge in [0.15, 0.2) is 6.17 Å². The van der Waals surface area contributed by atoms with Crippen molar-refractivity contribution in [2.75, 3.05) is 6.54 Å². The van der Waals surface area contributed by atoms with Gasteiger partial charge < -0.3 is 15.0 Å². The van der Waals surface area contributed by atoms with E-state index in [1.807, 2.05) is 0 Å². The summed E-state index contributed by atoms with van der Waals surface area (Å²) in [5.74, 6) is 0. The number of aromatic nitrogens is 2. The lowest BCUT2D eigenvalue weighted by molar-refractivity contribution is 0.0513. The van der Waals surface area contributed by atoms with Gasteiger partial charge in [0.1, 0.15) is 5.60 Å². The van der Waals surface area contributed by atoms with Gasteiger partial charge in [-0.05, 0) is 20.8 Å². The van der Waals surface area contributed by atoms with Crippen LogP contribution in [0.25, 0.3) is 0 Å². The lowest BCUT2D eigenvalue weighted by atomic mass is 10.2. The minimum atomic E-state index is -1.31. The highest BCUT2D eigenvalue weighted by Gasteiger charge is 2.18. The van der Waals surface area contributed by atoms with Crippen molar-refractivity contribution >= 4 is 6.09 Å². The number of rotatable bonds is 3. The quantitative estimate of drug-likeness (QED) is 0.832. The summed E-state index contributed by atoms with van der Waals surface area (Å²) in [5, 5.41) is 2.34. The summed E-state index contributed by atoms with van der Waals surface area (Å²) in [5.41, 5.74) is -0.250. The SMILES string of the molecule is CC(C)(C)OC(=O)NCC(F)c1cnc[nH]1. The number of imidazole rings is 1. The number of carbonyl (C=O) groups excluding carboxylic acids is 1. The zero-order chi connectivity index (χ0) is 12.2. The number of alkyl halides is 1. The number of amides is 1. The molecule has 0 fully saturated rings. The smallest absolute Gasteiger partial charge is 0.407 e. The standard InChI is InChI=1S/C10H16FN3O2/c1-10(2,3)16-9(15)13-4-7(11)8-5-12-6-14-8/h5-7H,4H2,1-3H3,(H,12,14)(H,13,15). The molecule has 0 saturated heterocycles. The van der Waals surface area contributed by atoms with Gasteiger partial charge in [-0.25, -0.2) is 14.2 Å². The molecule has 0 aliphatic carbocycles. The molecule has 90 valence electrons. The van der Waals surface area contributed by atoms with Crippen LogP contribution in [0.1, 0.15) is 32.6 Å². The van der Waals surface area contributed by atoms with Crippen LogP contribution in [0.5, 0.6) is 0 Å². The Labute approximate surface area is 93.4 Å². The molecule has 0 spiro atoms. The predicted molar refractivity (Wildman–Crippen MR) is 56.7 cm³/mol. The third kappa shape index (κ3) is 4.29. The molecule has 0 aliphatic heterocycles. The van der Waals surface area contributed by atoms with Gasteiger partial charge in [0.25, 0.3) is 0 Å². The third-order valence-corrected chi connectivity index (χ3v) is 1.68. The fourth-order valence-corrected chi connectivity index (χ4v) is 1.04. The Morgan fingerprint density at radius 1 is 1.69 bits per heavy atom. The average molecular weight is 229 g/mol. The van der Waals surface area contributed by atoms with E-state index in [1.54, 1.807) is 20.8 Å². The van der Waals surface area contributed by atoms with Crippen molar-refractivity contribution in [1.82, 2.24) is 15.3 Å². The van der Waals surface area contributed by atoms with E-state index in [2.05, 4.69) is 15.3 Å². The van der Waals surface area contributed by atoms with E-state index in [1.165, 1.54) is 12.5 Å². The molecule has 1 rings (SSSR count). The van der Waals surface area contributed by atoms with Crippen molar-refractivity contribution in [3.63, 3.8) is 0 Å². The number of alkyl carbamates (subject to hydrolysis) is 1. The minimum Gasteiger partial charge on any atom is -0.444 e. The number of ether oxygens (including phenoxy) is 1. The maximum Gasteiger partial charge on any atom is 0.407 e. The summed E-state index contributed by atoms with van der Waals surface area (Å²) < 4.78 is 18.4. The predicted octanol–water partition coefficient (Wildman–Crippen LogP) is 1.94. The van der Waals surface area contributed by atoms with Gasteiger partial charge in [-0.3, -0.25) is 0 Å². The van der Waals surface area contributed by atoms with Gasteiger partial charge in [0, 0.05) is 0 Å². The Balaban J connectivity index is 2.32. The van der Waals surface area contributed by atoms with E-state index in [4.69, 9.17) is 4.74 Å². The van der Waals surface area contributed by atoms with Crippen LogP contribution >= 0.6 is 0 Å². The van der Waals surface area contributed by atoms with Crippen LogP contribution in [0.4, 0.5) is 9.18 Å². The first-order valence-electron chi connectivity index (χ1n) is 4.97. The molecule has 1 aromatic rings. The van der Waals surface area contributed by atoms with Gasteiger partial charge in [0.05, 0.1) is 24.8 Å². The van der Waals surface area contributed by atoms with Crippen LogP contribution in [0, 0.1) is 0 Å². The molecule has 5 nitrogen and oxygen atoms in total. The summed E-state index contributed by atoms with van der Waals surface area (Å²) in [7, 11) is 0. The molecular formula is C10H16FN3O2. The van der Waals surface area contributed by atoms with Crippen molar-refractivity contribution in [2.45, 2.75) is 32.5 Å². The van der Waals surface area contributed by atoms with Crippen LogP contribution in [0.15, 0.2) is 12.5 Å². The third-order valence-electron chi connectivity index (χ3n) is 1.68. The van der Waals surface area contributed by atoms with Crippen molar-refractivity contribution in [2.24, 2.45) is 0 Å². The monoisotopic (exact) mass is 229 g/mol. The average Bonchev–Trinajstić information content (AvgIpc) is 2.64. The largest absolute Gasteiger partial charge is 0.444 e. The van der Waals surface area contributed by atoms with E-state index in [9.17, 15) is 9.18 Å². The fourth-order valence-electron chi connectivity index (χ4n) is 1.04. The molecule has 1 unspecified atom stereocenters. The van der Waals surface area contributed by atoms with Gasteiger partial charge in [0.2, 0.25) is 0 Å². The van der Waals surface area contributed by atoms with Gasteiger partial charge in [-0.1, -0.05) is 0 Å². The first-order chi connectivity index (χ1) is 7.38. The molecule has 1 atom stereocenters. The molecular weight excluding hydrogens is 213 g/mol. The molecule has 0 radical (unpaired) electrons. The maximum atomic E-state index is 13.4. The molecule has 1 aromatic heterocycles. The van der Waals surface area contributed by atoms with E-state index < -0.39 is 17.9 Å². The number of carbonyl (C=O) groups is 1. The highest BCUT2D eigenvalue weighted by Crippen LogP contribution is 2.12. The number of hydrogen-bond acceptors (Lipinski definition) is 3. The van der Waals surface area contributed by atoms with Crippen molar-refractivity contribution in [1.29, 1.82) is 0 Å². The van der Waals surface area contributed by atoms with E-state index >= 15 is 0 Å². The Morgan fingerprint density at radius 2 is 2.38 bits per heavy atom. The zero-order valence-corrected chi connectivity index (χ0v) is 9.58. The Morgan fingerprint density at radius 3 is 2.88 bits per heavy atom. The van der Waals surface area contributed by atoms with Gasteiger partial charge >= 0.3 is 6.09 Å². The molecule has 2 N–H and O–H groups in total. The highest BCUT2D eigenvalue weighted by atomic mass is 19.1. The van der Waals surface area contributed by atoms with E-state index in [0.29, 0.717) is 5.69 Å². The van der Waals surface area contributed by atoms with E-state index in [-0.39, 0.29) is 6.54 Å². The second kappa shape index (κ2) is 4.96. The first-order valence-corrected chi connectivity index (χ1v) is 4.97.